The van der Waals surface area contributed by atoms with Gasteiger partial charge in [0, 0.05) is 0 Å². The zero-order valence-corrected chi connectivity index (χ0v) is 11.4. The van der Waals surface area contributed by atoms with Gasteiger partial charge in [-0.05, 0) is 43.0 Å². The minimum atomic E-state index is -0.764. The monoisotopic (exact) mass is 268 g/mol. The van der Waals surface area contributed by atoms with Crippen LogP contribution in [0.1, 0.15) is 36.8 Å². The highest BCUT2D eigenvalue weighted by atomic mass is 35.5. The number of hydrogen-bond donors (Lipinski definition) is 1. The molecule has 1 aliphatic rings. The number of carboxylic acid groups (broad SMARTS) is 1. The van der Waals surface area contributed by atoms with E-state index in [1.54, 1.807) is 13.2 Å². The molecule has 0 radical (unpaired) electrons. The molecule has 18 heavy (non-hydrogen) atoms. The lowest BCUT2D eigenvalue weighted by Crippen LogP contribution is -2.33. The lowest BCUT2D eigenvalue weighted by atomic mass is 9.77. The summed E-state index contributed by atoms with van der Waals surface area (Å²) in [5.41, 5.74) is 0.999. The Hall–Kier alpha value is -1.22. The zero-order chi connectivity index (χ0) is 13.3. The minimum Gasteiger partial charge on any atom is -0.495 e. The summed E-state index contributed by atoms with van der Waals surface area (Å²) in [5, 5.41) is 10.1. The standard InChI is InChI=1S/C14H17ClO3/c1-9-7-12(18-2)11(15)8-10(9)14(13(16)17)5-3-4-6-14/h7-8H,3-6H2,1-2H3,(H,16,17). The van der Waals surface area contributed by atoms with Gasteiger partial charge < -0.3 is 9.84 Å². The normalized spacial score (nSPS) is 17.7. The molecule has 98 valence electrons. The van der Waals surface area contributed by atoms with Crippen LogP contribution >= 0.6 is 11.6 Å². The van der Waals surface area contributed by atoms with Gasteiger partial charge in [0.15, 0.2) is 0 Å². The van der Waals surface area contributed by atoms with Crippen molar-refractivity contribution in [1.29, 1.82) is 0 Å². The topological polar surface area (TPSA) is 46.5 Å². The zero-order valence-electron chi connectivity index (χ0n) is 10.6. The molecule has 0 aromatic heterocycles. The fraction of sp³-hybridized carbons (Fsp3) is 0.500. The van der Waals surface area contributed by atoms with E-state index in [4.69, 9.17) is 16.3 Å². The summed E-state index contributed by atoms with van der Waals surface area (Å²) >= 11 is 6.13. The van der Waals surface area contributed by atoms with Crippen LogP contribution in [0.15, 0.2) is 12.1 Å². The van der Waals surface area contributed by atoms with Gasteiger partial charge in [-0.25, -0.2) is 0 Å². The van der Waals surface area contributed by atoms with Crippen molar-refractivity contribution >= 4 is 17.6 Å². The number of hydrogen-bond acceptors (Lipinski definition) is 2. The van der Waals surface area contributed by atoms with Gasteiger partial charge in [0.05, 0.1) is 17.5 Å². The predicted octanol–water partition coefficient (Wildman–Crippen LogP) is 3.55. The maximum Gasteiger partial charge on any atom is 0.314 e. The molecule has 3 nitrogen and oxygen atoms in total. The molecule has 0 aliphatic heterocycles. The third-order valence-electron chi connectivity index (χ3n) is 3.88. The van der Waals surface area contributed by atoms with Crippen LogP contribution in [0.2, 0.25) is 5.02 Å². The number of benzene rings is 1. The number of carbonyl (C=O) groups is 1. The van der Waals surface area contributed by atoms with Crippen molar-refractivity contribution in [1.82, 2.24) is 0 Å². The van der Waals surface area contributed by atoms with Gasteiger partial charge in [-0.2, -0.15) is 0 Å². The average molecular weight is 269 g/mol. The molecule has 0 saturated heterocycles. The second-order valence-electron chi connectivity index (χ2n) is 4.90. The summed E-state index contributed by atoms with van der Waals surface area (Å²) in [6.07, 6.45) is 3.28. The number of carboxylic acids is 1. The molecular formula is C14H17ClO3. The van der Waals surface area contributed by atoms with Crippen LogP contribution in [-0.4, -0.2) is 18.2 Å². The van der Waals surface area contributed by atoms with Crippen LogP contribution in [-0.2, 0) is 10.2 Å². The third-order valence-corrected chi connectivity index (χ3v) is 4.18. The van der Waals surface area contributed by atoms with Crippen molar-refractivity contribution in [3.05, 3.63) is 28.3 Å². The Balaban J connectivity index is 2.56. The van der Waals surface area contributed by atoms with Gasteiger partial charge in [-0.1, -0.05) is 24.4 Å². The van der Waals surface area contributed by atoms with Gasteiger partial charge in [-0.15, -0.1) is 0 Å². The Morgan fingerprint density at radius 3 is 2.50 bits per heavy atom. The van der Waals surface area contributed by atoms with Gasteiger partial charge in [0.1, 0.15) is 5.75 Å². The summed E-state index contributed by atoms with van der Waals surface area (Å²) < 4.78 is 5.16. The molecular weight excluding hydrogens is 252 g/mol. The van der Waals surface area contributed by atoms with E-state index in [0.717, 1.165) is 24.0 Å². The number of ether oxygens (including phenoxy) is 1. The molecule has 1 N–H and O–H groups in total. The van der Waals surface area contributed by atoms with Crippen molar-refractivity contribution in [3.8, 4) is 5.75 Å². The lowest BCUT2D eigenvalue weighted by molar-refractivity contribution is -0.143. The van der Waals surface area contributed by atoms with Crippen LogP contribution in [0, 0.1) is 6.92 Å². The Labute approximate surface area is 112 Å². The molecule has 4 heteroatoms. The summed E-state index contributed by atoms with van der Waals surface area (Å²) in [5.74, 6) is -0.152. The van der Waals surface area contributed by atoms with Crippen LogP contribution in [0.25, 0.3) is 0 Å². The van der Waals surface area contributed by atoms with E-state index in [-0.39, 0.29) is 0 Å². The van der Waals surface area contributed by atoms with Crippen LogP contribution in [0.4, 0.5) is 0 Å². The van der Waals surface area contributed by atoms with Crippen LogP contribution in [0.3, 0.4) is 0 Å². The molecule has 1 aromatic rings. The summed E-state index contributed by atoms with van der Waals surface area (Å²) in [7, 11) is 1.56. The van der Waals surface area contributed by atoms with Gasteiger partial charge in [0.25, 0.3) is 0 Å². The molecule has 1 aromatic carbocycles. The average Bonchev–Trinajstić information content (AvgIpc) is 2.82. The number of methoxy groups -OCH3 is 1. The molecule has 0 unspecified atom stereocenters. The van der Waals surface area contributed by atoms with Gasteiger partial charge >= 0.3 is 5.97 Å². The summed E-state index contributed by atoms with van der Waals surface area (Å²) in [4.78, 5) is 11.7. The number of halogens is 1. The van der Waals surface area contributed by atoms with Crippen molar-refractivity contribution in [3.63, 3.8) is 0 Å². The molecule has 1 saturated carbocycles. The summed E-state index contributed by atoms with van der Waals surface area (Å²) in [6.45, 7) is 1.91. The molecule has 1 fully saturated rings. The van der Waals surface area contributed by atoms with Crippen molar-refractivity contribution in [2.75, 3.05) is 7.11 Å². The second kappa shape index (κ2) is 4.81. The van der Waals surface area contributed by atoms with E-state index < -0.39 is 11.4 Å². The Morgan fingerprint density at radius 2 is 2.00 bits per heavy atom. The van der Waals surface area contributed by atoms with E-state index in [1.165, 1.54) is 0 Å². The number of rotatable bonds is 3. The van der Waals surface area contributed by atoms with Crippen LogP contribution < -0.4 is 4.74 Å². The van der Waals surface area contributed by atoms with Crippen molar-refractivity contribution < 1.29 is 14.6 Å². The molecule has 1 aliphatic carbocycles. The largest absolute Gasteiger partial charge is 0.495 e. The third kappa shape index (κ3) is 1.97. The number of aryl methyl sites for hydroxylation is 1. The van der Waals surface area contributed by atoms with E-state index in [1.807, 2.05) is 13.0 Å². The van der Waals surface area contributed by atoms with E-state index in [0.29, 0.717) is 23.6 Å². The predicted molar refractivity (Wildman–Crippen MR) is 70.5 cm³/mol. The first-order valence-electron chi connectivity index (χ1n) is 6.09. The minimum absolute atomic E-state index is 0.477. The first-order chi connectivity index (χ1) is 8.51. The van der Waals surface area contributed by atoms with E-state index >= 15 is 0 Å². The maximum atomic E-state index is 11.7. The number of aliphatic carboxylic acids is 1. The molecule has 2 rings (SSSR count). The van der Waals surface area contributed by atoms with Crippen molar-refractivity contribution in [2.45, 2.75) is 38.0 Å². The maximum absolute atomic E-state index is 11.7. The highest BCUT2D eigenvalue weighted by molar-refractivity contribution is 6.32. The highest BCUT2D eigenvalue weighted by Gasteiger charge is 2.44. The molecule has 0 spiro atoms. The lowest BCUT2D eigenvalue weighted by Gasteiger charge is -2.27. The molecule has 0 bridgehead atoms. The van der Waals surface area contributed by atoms with Crippen molar-refractivity contribution in [2.24, 2.45) is 0 Å². The fourth-order valence-corrected chi connectivity index (χ4v) is 3.14. The first kappa shape index (κ1) is 13.2. The first-order valence-corrected chi connectivity index (χ1v) is 6.47. The van der Waals surface area contributed by atoms with Gasteiger partial charge in [-0.3, -0.25) is 4.79 Å². The van der Waals surface area contributed by atoms with Crippen LogP contribution in [0.5, 0.6) is 5.75 Å². The Morgan fingerprint density at radius 1 is 1.39 bits per heavy atom. The smallest absolute Gasteiger partial charge is 0.314 e. The Bertz CT molecular complexity index is 476. The molecule has 0 heterocycles. The molecule has 0 amide bonds. The van der Waals surface area contributed by atoms with Gasteiger partial charge in [0.2, 0.25) is 0 Å². The second-order valence-corrected chi connectivity index (χ2v) is 5.30. The fourth-order valence-electron chi connectivity index (χ4n) is 2.90. The van der Waals surface area contributed by atoms with E-state index in [2.05, 4.69) is 0 Å². The summed E-state index contributed by atoms with van der Waals surface area (Å²) in [6, 6.07) is 3.58. The SMILES string of the molecule is COc1cc(C)c(C2(C(=O)O)CCCC2)cc1Cl. The Kier molecular flexibility index (Phi) is 3.53. The molecule has 0 atom stereocenters. The highest BCUT2D eigenvalue weighted by Crippen LogP contribution is 2.44. The quantitative estimate of drug-likeness (QED) is 0.912. The van der Waals surface area contributed by atoms with E-state index in [9.17, 15) is 9.90 Å².